The topological polar surface area (TPSA) is 79.5 Å². The van der Waals surface area contributed by atoms with Gasteiger partial charge < -0.3 is 10.1 Å². The summed E-state index contributed by atoms with van der Waals surface area (Å²) in [7, 11) is 0. The summed E-state index contributed by atoms with van der Waals surface area (Å²) >= 11 is 11.7. The Bertz CT molecular complexity index is 736. The van der Waals surface area contributed by atoms with Crippen LogP contribution in [0.2, 0.25) is 10.0 Å². The number of anilines is 1. The Morgan fingerprint density at radius 2 is 1.75 bits per heavy atom. The van der Waals surface area contributed by atoms with E-state index in [2.05, 4.69) is 16.2 Å². The van der Waals surface area contributed by atoms with Gasteiger partial charge in [-0.15, -0.1) is 0 Å². The molecule has 24 heavy (non-hydrogen) atoms. The maximum atomic E-state index is 11.6. The zero-order valence-corrected chi connectivity index (χ0v) is 14.2. The Kier molecular flexibility index (Phi) is 6.28. The van der Waals surface area contributed by atoms with Gasteiger partial charge in [0, 0.05) is 15.7 Å². The van der Waals surface area contributed by atoms with Crippen LogP contribution in [0.1, 0.15) is 5.56 Å². The van der Waals surface area contributed by atoms with Gasteiger partial charge in [0.1, 0.15) is 5.75 Å². The molecule has 2 aromatic rings. The van der Waals surface area contributed by atoms with Crippen LogP contribution in [0.25, 0.3) is 0 Å². The molecule has 0 fully saturated rings. The molecule has 0 aromatic heterocycles. The second-order valence-electron chi connectivity index (χ2n) is 4.83. The molecule has 0 saturated carbocycles. The molecule has 0 aliphatic heterocycles. The summed E-state index contributed by atoms with van der Waals surface area (Å²) in [6.45, 7) is 1.58. The Balaban J connectivity index is 1.73. The van der Waals surface area contributed by atoms with Crippen molar-refractivity contribution in [3.05, 3.63) is 58.1 Å². The third kappa shape index (κ3) is 5.64. The van der Waals surface area contributed by atoms with Gasteiger partial charge in [-0.1, -0.05) is 23.2 Å². The number of nitrogens with one attached hydrogen (secondary N) is 3. The Morgan fingerprint density at radius 3 is 2.42 bits per heavy atom. The van der Waals surface area contributed by atoms with Crippen LogP contribution in [-0.2, 0) is 4.79 Å². The molecular formula is C16H15Cl2N3O3. The number of halogens is 2. The third-order valence-corrected chi connectivity index (χ3v) is 3.59. The van der Waals surface area contributed by atoms with Gasteiger partial charge in [0.05, 0.1) is 0 Å². The van der Waals surface area contributed by atoms with Crippen LogP contribution in [0, 0.1) is 6.92 Å². The first-order valence-electron chi connectivity index (χ1n) is 6.94. The highest BCUT2D eigenvalue weighted by atomic mass is 35.5. The molecule has 8 heteroatoms. The van der Waals surface area contributed by atoms with E-state index in [1.54, 1.807) is 42.5 Å². The molecule has 2 rings (SSSR count). The molecule has 0 unspecified atom stereocenters. The minimum atomic E-state index is -0.590. The van der Waals surface area contributed by atoms with Gasteiger partial charge in [-0.2, -0.15) is 0 Å². The van der Waals surface area contributed by atoms with E-state index in [4.69, 9.17) is 27.9 Å². The Hall–Kier alpha value is -2.44. The minimum Gasteiger partial charge on any atom is -0.484 e. The molecule has 126 valence electrons. The Labute approximate surface area is 149 Å². The lowest BCUT2D eigenvalue weighted by molar-refractivity contribution is -0.123. The number of rotatable bonds is 4. The smallest absolute Gasteiger partial charge is 0.337 e. The summed E-state index contributed by atoms with van der Waals surface area (Å²) in [5.41, 5.74) is 5.83. The van der Waals surface area contributed by atoms with Crippen molar-refractivity contribution in [1.29, 1.82) is 0 Å². The molecule has 0 spiro atoms. The van der Waals surface area contributed by atoms with Gasteiger partial charge in [0.2, 0.25) is 0 Å². The van der Waals surface area contributed by atoms with E-state index < -0.39 is 11.9 Å². The van der Waals surface area contributed by atoms with Crippen molar-refractivity contribution < 1.29 is 14.3 Å². The average Bonchev–Trinajstić information content (AvgIpc) is 2.56. The molecule has 0 aliphatic rings. The van der Waals surface area contributed by atoms with Crippen LogP contribution in [0.15, 0.2) is 42.5 Å². The zero-order chi connectivity index (χ0) is 17.5. The molecular weight excluding hydrogens is 353 g/mol. The van der Waals surface area contributed by atoms with Crippen molar-refractivity contribution >= 4 is 40.8 Å². The standard InChI is InChI=1S/C16H15Cl2N3O3/c1-10-8-13(6-7-14(10)18)24-9-15(22)20-21-16(23)19-12-4-2-11(17)3-5-12/h2-8H,9H2,1H3,(H,20,22)(H2,19,21,23). The number of amides is 3. The molecule has 3 N–H and O–H groups in total. The molecule has 0 aliphatic carbocycles. The number of aryl methyl sites for hydroxylation is 1. The number of urea groups is 1. The first kappa shape index (κ1) is 17.9. The normalized spacial score (nSPS) is 9.96. The summed E-state index contributed by atoms with van der Waals surface area (Å²) in [4.78, 5) is 23.3. The number of carbonyl (C=O) groups excluding carboxylic acids is 2. The maximum absolute atomic E-state index is 11.6. The molecule has 3 amide bonds. The number of carbonyl (C=O) groups is 2. The second-order valence-corrected chi connectivity index (χ2v) is 5.68. The highest BCUT2D eigenvalue weighted by molar-refractivity contribution is 6.31. The fraction of sp³-hybridized carbons (Fsp3) is 0.125. The van der Waals surface area contributed by atoms with E-state index in [0.717, 1.165) is 5.56 Å². The first-order valence-corrected chi connectivity index (χ1v) is 7.70. The third-order valence-electron chi connectivity index (χ3n) is 2.92. The van der Waals surface area contributed by atoms with Gasteiger partial charge >= 0.3 is 6.03 Å². The van der Waals surface area contributed by atoms with Crippen molar-refractivity contribution in [3.8, 4) is 5.75 Å². The number of ether oxygens (including phenoxy) is 1. The molecule has 0 radical (unpaired) electrons. The van der Waals surface area contributed by atoms with Crippen LogP contribution in [0.3, 0.4) is 0 Å². The van der Waals surface area contributed by atoms with E-state index in [0.29, 0.717) is 21.5 Å². The summed E-state index contributed by atoms with van der Waals surface area (Å²) in [6, 6.07) is 11.0. The fourth-order valence-corrected chi connectivity index (χ4v) is 1.96. The molecule has 0 atom stereocenters. The van der Waals surface area contributed by atoms with Crippen LogP contribution < -0.4 is 20.9 Å². The fourth-order valence-electron chi connectivity index (χ4n) is 1.71. The maximum Gasteiger partial charge on any atom is 0.337 e. The quantitative estimate of drug-likeness (QED) is 0.723. The van der Waals surface area contributed by atoms with Gasteiger partial charge in [0.15, 0.2) is 6.61 Å². The van der Waals surface area contributed by atoms with Crippen molar-refractivity contribution in [1.82, 2.24) is 10.9 Å². The van der Waals surface area contributed by atoms with Crippen LogP contribution in [0.4, 0.5) is 10.5 Å². The number of hydrogen-bond donors (Lipinski definition) is 3. The lowest BCUT2D eigenvalue weighted by Gasteiger charge is -2.10. The highest BCUT2D eigenvalue weighted by Crippen LogP contribution is 2.20. The molecule has 2 aromatic carbocycles. The number of benzene rings is 2. The van der Waals surface area contributed by atoms with Crippen LogP contribution >= 0.6 is 23.2 Å². The number of hydrazine groups is 1. The van der Waals surface area contributed by atoms with Crippen molar-refractivity contribution in [2.24, 2.45) is 0 Å². The molecule has 6 nitrogen and oxygen atoms in total. The van der Waals surface area contributed by atoms with E-state index in [1.807, 2.05) is 6.92 Å². The predicted molar refractivity (Wildman–Crippen MR) is 93.4 cm³/mol. The minimum absolute atomic E-state index is 0.248. The highest BCUT2D eigenvalue weighted by Gasteiger charge is 2.06. The summed E-state index contributed by atoms with van der Waals surface area (Å²) in [5, 5.41) is 3.71. The van der Waals surface area contributed by atoms with E-state index in [-0.39, 0.29) is 6.61 Å². The summed E-state index contributed by atoms with van der Waals surface area (Å²) < 4.78 is 5.31. The lowest BCUT2D eigenvalue weighted by atomic mass is 10.2. The van der Waals surface area contributed by atoms with Crippen molar-refractivity contribution in [2.75, 3.05) is 11.9 Å². The second kappa shape index (κ2) is 8.42. The van der Waals surface area contributed by atoms with Gasteiger partial charge in [-0.3, -0.25) is 10.2 Å². The zero-order valence-electron chi connectivity index (χ0n) is 12.7. The largest absolute Gasteiger partial charge is 0.484 e. The molecule has 0 bridgehead atoms. The molecule has 0 heterocycles. The van der Waals surface area contributed by atoms with Crippen LogP contribution in [0.5, 0.6) is 5.75 Å². The molecule has 0 saturated heterocycles. The van der Waals surface area contributed by atoms with Gasteiger partial charge in [-0.05, 0) is 55.0 Å². The summed E-state index contributed by atoms with van der Waals surface area (Å²) in [5.74, 6) is 0.00604. The predicted octanol–water partition coefficient (Wildman–Crippen LogP) is 3.53. The van der Waals surface area contributed by atoms with E-state index in [1.165, 1.54) is 0 Å². The average molecular weight is 368 g/mol. The first-order chi connectivity index (χ1) is 11.4. The van der Waals surface area contributed by atoms with Gasteiger partial charge in [0.25, 0.3) is 5.91 Å². The van der Waals surface area contributed by atoms with E-state index >= 15 is 0 Å². The number of hydrogen-bond acceptors (Lipinski definition) is 3. The van der Waals surface area contributed by atoms with Gasteiger partial charge in [-0.25, -0.2) is 10.2 Å². The van der Waals surface area contributed by atoms with Crippen molar-refractivity contribution in [2.45, 2.75) is 6.92 Å². The SMILES string of the molecule is Cc1cc(OCC(=O)NNC(=O)Nc2ccc(Cl)cc2)ccc1Cl. The monoisotopic (exact) mass is 367 g/mol. The van der Waals surface area contributed by atoms with Crippen LogP contribution in [-0.4, -0.2) is 18.5 Å². The van der Waals surface area contributed by atoms with Crippen molar-refractivity contribution in [3.63, 3.8) is 0 Å². The van der Waals surface area contributed by atoms with E-state index in [9.17, 15) is 9.59 Å². The Morgan fingerprint density at radius 1 is 1.04 bits per heavy atom. The lowest BCUT2D eigenvalue weighted by Crippen LogP contribution is -2.45. The summed E-state index contributed by atoms with van der Waals surface area (Å²) in [6.07, 6.45) is 0.